The van der Waals surface area contributed by atoms with Crippen molar-refractivity contribution >= 4 is 31.9 Å². The fraction of sp³-hybridized carbons (Fsp3) is 0.0833. The monoisotopic (exact) mass is 341 g/mol. The summed E-state index contributed by atoms with van der Waals surface area (Å²) < 4.78 is 6.98. The SMILES string of the molecule is COc1cccc(-c2cc(Br)ncc2Br)c1. The van der Waals surface area contributed by atoms with E-state index in [4.69, 9.17) is 4.74 Å². The third-order valence-corrected chi connectivity index (χ3v) is 3.27. The molecule has 1 heterocycles. The summed E-state index contributed by atoms with van der Waals surface area (Å²) in [6.07, 6.45) is 1.78. The summed E-state index contributed by atoms with van der Waals surface area (Å²) in [4.78, 5) is 4.15. The zero-order chi connectivity index (χ0) is 11.5. The maximum atomic E-state index is 5.20. The summed E-state index contributed by atoms with van der Waals surface area (Å²) in [6.45, 7) is 0. The number of rotatable bonds is 2. The Morgan fingerprint density at radius 1 is 1.19 bits per heavy atom. The van der Waals surface area contributed by atoms with Crippen LogP contribution in [0.15, 0.2) is 45.6 Å². The molecule has 0 saturated carbocycles. The summed E-state index contributed by atoms with van der Waals surface area (Å²) >= 11 is 6.86. The summed E-state index contributed by atoms with van der Waals surface area (Å²) in [5.74, 6) is 0.845. The van der Waals surface area contributed by atoms with Gasteiger partial charge in [-0.3, -0.25) is 0 Å². The molecular weight excluding hydrogens is 334 g/mol. The lowest BCUT2D eigenvalue weighted by Gasteiger charge is -2.06. The molecule has 0 aliphatic carbocycles. The summed E-state index contributed by atoms with van der Waals surface area (Å²) in [6, 6.07) is 9.89. The van der Waals surface area contributed by atoms with Crippen molar-refractivity contribution in [3.8, 4) is 16.9 Å². The van der Waals surface area contributed by atoms with Crippen molar-refractivity contribution in [1.29, 1.82) is 0 Å². The van der Waals surface area contributed by atoms with Gasteiger partial charge in [-0.05, 0) is 55.6 Å². The molecule has 0 aliphatic heterocycles. The summed E-state index contributed by atoms with van der Waals surface area (Å²) in [5.41, 5.74) is 2.18. The average molecular weight is 343 g/mol. The van der Waals surface area contributed by atoms with Crippen molar-refractivity contribution in [2.45, 2.75) is 0 Å². The van der Waals surface area contributed by atoms with Crippen LogP contribution in [0.5, 0.6) is 5.75 Å². The number of hydrogen-bond donors (Lipinski definition) is 0. The Hall–Kier alpha value is -0.870. The van der Waals surface area contributed by atoms with Crippen LogP contribution in [0.4, 0.5) is 0 Å². The van der Waals surface area contributed by atoms with Gasteiger partial charge in [0.25, 0.3) is 0 Å². The minimum atomic E-state index is 0.813. The number of benzene rings is 1. The molecule has 0 N–H and O–H groups in total. The first-order valence-electron chi connectivity index (χ1n) is 4.66. The first kappa shape index (κ1) is 11.6. The number of pyridine rings is 1. The number of methoxy groups -OCH3 is 1. The molecule has 0 radical (unpaired) electrons. The highest BCUT2D eigenvalue weighted by Gasteiger charge is 2.05. The van der Waals surface area contributed by atoms with E-state index in [0.29, 0.717) is 0 Å². The van der Waals surface area contributed by atoms with Gasteiger partial charge in [0.15, 0.2) is 0 Å². The van der Waals surface area contributed by atoms with Crippen LogP contribution in [-0.4, -0.2) is 12.1 Å². The molecule has 2 rings (SSSR count). The first-order valence-corrected chi connectivity index (χ1v) is 6.25. The Bertz CT molecular complexity index is 514. The van der Waals surface area contributed by atoms with E-state index in [9.17, 15) is 0 Å². The minimum absolute atomic E-state index is 0.813. The van der Waals surface area contributed by atoms with E-state index in [0.717, 1.165) is 26.0 Å². The standard InChI is InChI=1S/C12H9Br2NO/c1-16-9-4-2-3-8(5-9)10-6-12(14)15-7-11(10)13/h2-7H,1H3. The number of aromatic nitrogens is 1. The lowest BCUT2D eigenvalue weighted by atomic mass is 10.1. The van der Waals surface area contributed by atoms with Crippen LogP contribution < -0.4 is 4.74 Å². The van der Waals surface area contributed by atoms with Gasteiger partial charge in [0.05, 0.1) is 7.11 Å². The van der Waals surface area contributed by atoms with E-state index in [1.807, 2.05) is 30.3 Å². The smallest absolute Gasteiger partial charge is 0.119 e. The van der Waals surface area contributed by atoms with E-state index in [1.165, 1.54) is 0 Å². The normalized spacial score (nSPS) is 10.2. The zero-order valence-corrected chi connectivity index (χ0v) is 11.7. The van der Waals surface area contributed by atoms with E-state index < -0.39 is 0 Å². The molecule has 16 heavy (non-hydrogen) atoms. The molecule has 0 amide bonds. The van der Waals surface area contributed by atoms with Crippen LogP contribution in [0.3, 0.4) is 0 Å². The van der Waals surface area contributed by atoms with Gasteiger partial charge in [-0.1, -0.05) is 12.1 Å². The molecule has 0 spiro atoms. The molecule has 0 unspecified atom stereocenters. The topological polar surface area (TPSA) is 22.1 Å². The molecule has 82 valence electrons. The van der Waals surface area contributed by atoms with Gasteiger partial charge in [-0.15, -0.1) is 0 Å². The van der Waals surface area contributed by atoms with Crippen LogP contribution >= 0.6 is 31.9 Å². The van der Waals surface area contributed by atoms with Gasteiger partial charge >= 0.3 is 0 Å². The minimum Gasteiger partial charge on any atom is -0.497 e. The van der Waals surface area contributed by atoms with Crippen molar-refractivity contribution in [3.63, 3.8) is 0 Å². The fourth-order valence-corrected chi connectivity index (χ4v) is 2.20. The maximum Gasteiger partial charge on any atom is 0.119 e. The van der Waals surface area contributed by atoms with Crippen LogP contribution in [0.2, 0.25) is 0 Å². The zero-order valence-electron chi connectivity index (χ0n) is 8.58. The highest BCUT2D eigenvalue weighted by molar-refractivity contribution is 9.11. The van der Waals surface area contributed by atoms with Gasteiger partial charge in [-0.25, -0.2) is 4.98 Å². The van der Waals surface area contributed by atoms with Crippen molar-refractivity contribution in [1.82, 2.24) is 4.98 Å². The Morgan fingerprint density at radius 2 is 2.00 bits per heavy atom. The van der Waals surface area contributed by atoms with Crippen molar-refractivity contribution < 1.29 is 4.74 Å². The van der Waals surface area contributed by atoms with Gasteiger partial charge in [0.2, 0.25) is 0 Å². The number of nitrogens with zero attached hydrogens (tertiary/aromatic N) is 1. The van der Waals surface area contributed by atoms with Crippen molar-refractivity contribution in [2.24, 2.45) is 0 Å². The van der Waals surface area contributed by atoms with Crippen molar-refractivity contribution in [3.05, 3.63) is 45.6 Å². The number of ether oxygens (including phenoxy) is 1. The molecular formula is C12H9Br2NO. The third-order valence-electron chi connectivity index (χ3n) is 2.20. The average Bonchev–Trinajstić information content (AvgIpc) is 2.32. The quantitative estimate of drug-likeness (QED) is 0.760. The Labute approximate surface area is 111 Å². The van der Waals surface area contributed by atoms with E-state index in [2.05, 4.69) is 36.8 Å². The van der Waals surface area contributed by atoms with E-state index in [-0.39, 0.29) is 0 Å². The molecule has 1 aromatic heterocycles. The lowest BCUT2D eigenvalue weighted by Crippen LogP contribution is -1.86. The third kappa shape index (κ3) is 2.44. The summed E-state index contributed by atoms with van der Waals surface area (Å²) in [7, 11) is 1.66. The Morgan fingerprint density at radius 3 is 2.75 bits per heavy atom. The maximum absolute atomic E-state index is 5.20. The van der Waals surface area contributed by atoms with Crippen molar-refractivity contribution in [2.75, 3.05) is 7.11 Å². The molecule has 1 aromatic carbocycles. The number of hydrogen-bond acceptors (Lipinski definition) is 2. The number of halogens is 2. The molecule has 2 aromatic rings. The predicted octanol–water partition coefficient (Wildman–Crippen LogP) is 4.28. The van der Waals surface area contributed by atoms with Crippen LogP contribution in [0.1, 0.15) is 0 Å². The molecule has 0 atom stereocenters. The Balaban J connectivity index is 2.53. The van der Waals surface area contributed by atoms with Gasteiger partial charge < -0.3 is 4.74 Å². The largest absolute Gasteiger partial charge is 0.497 e. The summed E-state index contributed by atoms with van der Waals surface area (Å²) in [5, 5.41) is 0. The van der Waals surface area contributed by atoms with Crippen LogP contribution in [-0.2, 0) is 0 Å². The van der Waals surface area contributed by atoms with Crippen LogP contribution in [0, 0.1) is 0 Å². The van der Waals surface area contributed by atoms with Crippen LogP contribution in [0.25, 0.3) is 11.1 Å². The molecule has 0 saturated heterocycles. The molecule has 0 bridgehead atoms. The first-order chi connectivity index (χ1) is 7.70. The van der Waals surface area contributed by atoms with Gasteiger partial charge in [-0.2, -0.15) is 0 Å². The highest BCUT2D eigenvalue weighted by atomic mass is 79.9. The Kier molecular flexibility index (Phi) is 3.61. The second-order valence-corrected chi connectivity index (χ2v) is 4.89. The second kappa shape index (κ2) is 4.97. The fourth-order valence-electron chi connectivity index (χ4n) is 1.43. The van der Waals surface area contributed by atoms with E-state index >= 15 is 0 Å². The highest BCUT2D eigenvalue weighted by Crippen LogP contribution is 2.31. The molecule has 0 aliphatic rings. The molecule has 0 fully saturated rings. The predicted molar refractivity (Wildman–Crippen MR) is 71.6 cm³/mol. The van der Waals surface area contributed by atoms with Gasteiger partial charge in [0, 0.05) is 16.2 Å². The molecule has 2 nitrogen and oxygen atoms in total. The second-order valence-electron chi connectivity index (χ2n) is 3.22. The van der Waals surface area contributed by atoms with E-state index in [1.54, 1.807) is 13.3 Å². The lowest BCUT2D eigenvalue weighted by molar-refractivity contribution is 0.415. The van der Waals surface area contributed by atoms with Gasteiger partial charge in [0.1, 0.15) is 10.4 Å². The molecule has 4 heteroatoms.